The Labute approximate surface area is 192 Å². The van der Waals surface area contributed by atoms with Crippen molar-refractivity contribution in [2.24, 2.45) is 0 Å². The SMILES string of the molecule is COc1ccc(F)c(-c2ccc(Cc3ccc(N4CC(=O)C[C@@H]4CC(=O)O)cc3)c(C)c2)c1. The van der Waals surface area contributed by atoms with E-state index >= 15 is 0 Å². The zero-order valence-corrected chi connectivity index (χ0v) is 18.7. The fraction of sp³-hybridized carbons (Fsp3) is 0.259. The Balaban J connectivity index is 1.51. The lowest BCUT2D eigenvalue weighted by Gasteiger charge is -2.25. The van der Waals surface area contributed by atoms with Gasteiger partial charge in [-0.3, -0.25) is 9.59 Å². The number of Topliss-reactive ketones (excluding diaryl/α,β-unsaturated/α-hetero) is 1. The van der Waals surface area contributed by atoms with Crippen molar-refractivity contribution in [1.29, 1.82) is 0 Å². The number of carbonyl (C=O) groups is 2. The van der Waals surface area contributed by atoms with E-state index in [4.69, 9.17) is 9.84 Å². The van der Waals surface area contributed by atoms with Crippen LogP contribution in [0.25, 0.3) is 11.1 Å². The van der Waals surface area contributed by atoms with Crippen LogP contribution in [0.5, 0.6) is 5.75 Å². The number of halogens is 1. The second-order valence-corrected chi connectivity index (χ2v) is 8.45. The summed E-state index contributed by atoms with van der Waals surface area (Å²) in [6, 6.07) is 18.2. The van der Waals surface area contributed by atoms with Crippen LogP contribution in [0.2, 0.25) is 0 Å². The number of aliphatic carboxylic acids is 1. The number of aryl methyl sites for hydroxylation is 1. The zero-order valence-electron chi connectivity index (χ0n) is 18.7. The van der Waals surface area contributed by atoms with Crippen molar-refractivity contribution in [3.8, 4) is 16.9 Å². The molecule has 0 radical (unpaired) electrons. The van der Waals surface area contributed by atoms with Gasteiger partial charge in [-0.1, -0.05) is 30.3 Å². The van der Waals surface area contributed by atoms with Crippen LogP contribution in [-0.2, 0) is 16.0 Å². The fourth-order valence-electron chi connectivity index (χ4n) is 4.38. The maximum atomic E-state index is 14.3. The number of methoxy groups -OCH3 is 1. The van der Waals surface area contributed by atoms with E-state index in [1.54, 1.807) is 19.2 Å². The summed E-state index contributed by atoms with van der Waals surface area (Å²) in [5.41, 5.74) is 5.45. The lowest BCUT2D eigenvalue weighted by Crippen LogP contribution is -2.31. The molecule has 5 nitrogen and oxygen atoms in total. The number of carbonyl (C=O) groups excluding carboxylic acids is 1. The molecular formula is C27H26FNO4. The van der Waals surface area contributed by atoms with Crippen LogP contribution < -0.4 is 9.64 Å². The zero-order chi connectivity index (χ0) is 23.5. The van der Waals surface area contributed by atoms with E-state index in [0.29, 0.717) is 17.7 Å². The quantitative estimate of drug-likeness (QED) is 0.551. The lowest BCUT2D eigenvalue weighted by atomic mass is 9.95. The predicted octanol–water partition coefficient (Wildman–Crippen LogP) is 5.02. The summed E-state index contributed by atoms with van der Waals surface area (Å²) >= 11 is 0. The van der Waals surface area contributed by atoms with Gasteiger partial charge in [0.15, 0.2) is 5.78 Å². The van der Waals surface area contributed by atoms with Crippen LogP contribution in [0.1, 0.15) is 29.5 Å². The topological polar surface area (TPSA) is 66.8 Å². The first kappa shape index (κ1) is 22.5. The number of carboxylic acid groups (broad SMARTS) is 1. The molecule has 1 fully saturated rings. The molecule has 0 bridgehead atoms. The van der Waals surface area contributed by atoms with E-state index in [1.807, 2.05) is 54.3 Å². The smallest absolute Gasteiger partial charge is 0.305 e. The molecular weight excluding hydrogens is 421 g/mol. The number of hydrogen-bond acceptors (Lipinski definition) is 4. The summed E-state index contributed by atoms with van der Waals surface area (Å²) < 4.78 is 19.6. The monoisotopic (exact) mass is 447 g/mol. The molecule has 1 N–H and O–H groups in total. The van der Waals surface area contributed by atoms with E-state index in [1.165, 1.54) is 6.07 Å². The Bertz CT molecular complexity index is 1190. The van der Waals surface area contributed by atoms with Gasteiger partial charge < -0.3 is 14.7 Å². The minimum atomic E-state index is -0.899. The summed E-state index contributed by atoms with van der Waals surface area (Å²) in [7, 11) is 1.56. The van der Waals surface area contributed by atoms with Crippen LogP contribution in [0.4, 0.5) is 10.1 Å². The van der Waals surface area contributed by atoms with Crippen molar-refractivity contribution in [2.45, 2.75) is 32.2 Å². The number of ether oxygens (including phenoxy) is 1. The first-order valence-electron chi connectivity index (χ1n) is 10.9. The predicted molar refractivity (Wildman–Crippen MR) is 125 cm³/mol. The molecule has 1 heterocycles. The van der Waals surface area contributed by atoms with Gasteiger partial charge in [0.05, 0.1) is 20.1 Å². The number of benzene rings is 3. The molecule has 0 aliphatic carbocycles. The Morgan fingerprint density at radius 3 is 2.55 bits per heavy atom. The van der Waals surface area contributed by atoms with Gasteiger partial charge >= 0.3 is 5.97 Å². The van der Waals surface area contributed by atoms with Crippen molar-refractivity contribution >= 4 is 17.4 Å². The summed E-state index contributed by atoms with van der Waals surface area (Å²) in [5, 5.41) is 9.13. The third-order valence-electron chi connectivity index (χ3n) is 6.15. The first-order chi connectivity index (χ1) is 15.8. The standard InChI is InChI=1S/C27H26FNO4/c1-17-11-20(25-15-24(33-2)9-10-26(25)28)6-5-19(17)12-18-3-7-21(8-4-18)29-16-23(30)13-22(29)14-27(31)32/h3-11,15,22H,12-14,16H2,1-2H3,(H,31,32)/t22-/m1/s1. The molecule has 0 amide bonds. The number of anilines is 1. The molecule has 4 rings (SSSR count). The van der Waals surface area contributed by atoms with Gasteiger partial charge in [-0.15, -0.1) is 0 Å². The van der Waals surface area contributed by atoms with Crippen LogP contribution in [0, 0.1) is 12.7 Å². The van der Waals surface area contributed by atoms with Crippen LogP contribution >= 0.6 is 0 Å². The van der Waals surface area contributed by atoms with Gasteiger partial charge in [-0.05, 0) is 65.9 Å². The maximum Gasteiger partial charge on any atom is 0.305 e. The summed E-state index contributed by atoms with van der Waals surface area (Å²) in [6.45, 7) is 2.26. The summed E-state index contributed by atoms with van der Waals surface area (Å²) in [4.78, 5) is 24.9. The molecule has 170 valence electrons. The van der Waals surface area contributed by atoms with Crippen molar-refractivity contribution in [1.82, 2.24) is 0 Å². The maximum absolute atomic E-state index is 14.3. The minimum absolute atomic E-state index is 0.0487. The van der Waals surface area contributed by atoms with E-state index in [0.717, 1.165) is 27.9 Å². The van der Waals surface area contributed by atoms with E-state index in [9.17, 15) is 14.0 Å². The van der Waals surface area contributed by atoms with Crippen molar-refractivity contribution < 1.29 is 23.8 Å². The Hall–Kier alpha value is -3.67. The highest BCUT2D eigenvalue weighted by atomic mass is 19.1. The number of rotatable bonds is 7. The number of hydrogen-bond donors (Lipinski definition) is 1. The first-order valence-corrected chi connectivity index (χ1v) is 10.9. The molecule has 1 atom stereocenters. The fourth-order valence-corrected chi connectivity index (χ4v) is 4.38. The van der Waals surface area contributed by atoms with Gasteiger partial charge in [0.25, 0.3) is 0 Å². The minimum Gasteiger partial charge on any atom is -0.497 e. The van der Waals surface area contributed by atoms with Crippen LogP contribution in [0.3, 0.4) is 0 Å². The van der Waals surface area contributed by atoms with Crippen LogP contribution in [0.15, 0.2) is 60.7 Å². The Morgan fingerprint density at radius 1 is 1.12 bits per heavy atom. The molecule has 0 unspecified atom stereocenters. The van der Waals surface area contributed by atoms with E-state index in [2.05, 4.69) is 0 Å². The summed E-state index contributed by atoms with van der Waals surface area (Å²) in [5.74, 6) is -0.517. The van der Waals surface area contributed by atoms with Crippen molar-refractivity contribution in [3.63, 3.8) is 0 Å². The highest BCUT2D eigenvalue weighted by Crippen LogP contribution is 2.30. The normalized spacial score (nSPS) is 15.7. The lowest BCUT2D eigenvalue weighted by molar-refractivity contribution is -0.137. The number of carboxylic acids is 1. The molecule has 1 aliphatic heterocycles. The van der Waals surface area contributed by atoms with E-state index in [-0.39, 0.29) is 37.0 Å². The second kappa shape index (κ2) is 9.45. The van der Waals surface area contributed by atoms with Gasteiger partial charge in [-0.25, -0.2) is 4.39 Å². The Kier molecular flexibility index (Phi) is 6.45. The van der Waals surface area contributed by atoms with Gasteiger partial charge in [-0.2, -0.15) is 0 Å². The summed E-state index contributed by atoms with van der Waals surface area (Å²) in [6.07, 6.45) is 0.935. The molecule has 6 heteroatoms. The molecule has 0 aromatic heterocycles. The molecule has 1 aliphatic rings. The molecule has 3 aromatic carbocycles. The van der Waals surface area contributed by atoms with Crippen molar-refractivity contribution in [2.75, 3.05) is 18.6 Å². The highest BCUT2D eigenvalue weighted by Gasteiger charge is 2.32. The molecule has 1 saturated heterocycles. The van der Waals surface area contributed by atoms with Gasteiger partial charge in [0, 0.05) is 23.7 Å². The molecule has 0 spiro atoms. The van der Waals surface area contributed by atoms with E-state index < -0.39 is 5.97 Å². The Morgan fingerprint density at radius 2 is 1.88 bits per heavy atom. The molecule has 33 heavy (non-hydrogen) atoms. The highest BCUT2D eigenvalue weighted by molar-refractivity contribution is 5.89. The number of ketones is 1. The molecule has 3 aromatic rings. The van der Waals surface area contributed by atoms with Gasteiger partial charge in [0.1, 0.15) is 11.6 Å². The third-order valence-corrected chi connectivity index (χ3v) is 6.15. The average Bonchev–Trinajstić information content (AvgIpc) is 3.15. The van der Waals surface area contributed by atoms with Crippen molar-refractivity contribution in [3.05, 3.63) is 83.2 Å². The number of nitrogens with zero attached hydrogens (tertiary/aromatic N) is 1. The van der Waals surface area contributed by atoms with Crippen LogP contribution in [-0.4, -0.2) is 36.6 Å². The largest absolute Gasteiger partial charge is 0.497 e. The molecule has 0 saturated carbocycles. The third kappa shape index (κ3) is 5.06. The van der Waals surface area contributed by atoms with Gasteiger partial charge in [0.2, 0.25) is 0 Å². The average molecular weight is 448 g/mol. The second-order valence-electron chi connectivity index (χ2n) is 8.45.